The summed E-state index contributed by atoms with van der Waals surface area (Å²) in [5, 5.41) is 10.2. The number of hydrogen-bond donors (Lipinski definition) is 6. The number of halogens is 2. The molecule has 6 rings (SSSR count). The number of rotatable bonds is 6. The van der Waals surface area contributed by atoms with E-state index in [2.05, 4.69) is 41.2 Å². The number of anilines is 4. The van der Waals surface area contributed by atoms with Crippen LogP contribution in [0.15, 0.2) is 84.9 Å². The molecule has 0 aliphatic heterocycles. The Morgan fingerprint density at radius 2 is 1.07 bits per heavy atom. The summed E-state index contributed by atoms with van der Waals surface area (Å²) in [4.78, 5) is 39.2. The van der Waals surface area contributed by atoms with E-state index in [1.165, 1.54) is 36.4 Å². The van der Waals surface area contributed by atoms with E-state index in [9.17, 15) is 18.4 Å². The van der Waals surface area contributed by atoms with Gasteiger partial charge in [-0.3, -0.25) is 10.6 Å². The molecule has 2 heterocycles. The quantitative estimate of drug-likeness (QED) is 0.134. The zero-order valence-corrected chi connectivity index (χ0v) is 21.0. The number of ether oxygens (including phenoxy) is 1. The van der Waals surface area contributed by atoms with Crippen LogP contribution in [0.3, 0.4) is 0 Å². The van der Waals surface area contributed by atoms with Crippen LogP contribution in [0, 0.1) is 11.6 Å². The van der Waals surface area contributed by atoms with Gasteiger partial charge in [0.1, 0.15) is 23.1 Å². The second kappa shape index (κ2) is 10.6. The Hall–Kier alpha value is -5.98. The molecule has 4 amide bonds. The Labute approximate surface area is 230 Å². The zero-order valence-electron chi connectivity index (χ0n) is 21.0. The molecule has 11 nitrogen and oxygen atoms in total. The zero-order chi connectivity index (χ0) is 28.3. The molecule has 4 aromatic carbocycles. The van der Waals surface area contributed by atoms with Crippen LogP contribution in [0.4, 0.5) is 41.6 Å². The number of nitrogens with zero attached hydrogens (tertiary/aromatic N) is 2. The number of imidazole rings is 2. The lowest BCUT2D eigenvalue weighted by molar-refractivity contribution is 0.261. The van der Waals surface area contributed by atoms with Crippen LogP contribution in [0.25, 0.3) is 22.1 Å². The summed E-state index contributed by atoms with van der Waals surface area (Å²) in [6, 6.07) is 20.2. The smallest absolute Gasteiger partial charge is 0.326 e. The van der Waals surface area contributed by atoms with Crippen molar-refractivity contribution in [2.24, 2.45) is 0 Å². The van der Waals surface area contributed by atoms with Crippen LogP contribution in [0.1, 0.15) is 0 Å². The van der Waals surface area contributed by atoms with E-state index in [-0.39, 0.29) is 11.9 Å². The number of H-pyrrole nitrogens is 2. The maximum absolute atomic E-state index is 13.3. The molecule has 0 fully saturated rings. The minimum Gasteiger partial charge on any atom is -0.457 e. The minimum absolute atomic E-state index is 0.200. The Morgan fingerprint density at radius 1 is 0.610 bits per heavy atom. The lowest BCUT2D eigenvalue weighted by Crippen LogP contribution is -2.20. The van der Waals surface area contributed by atoms with Crippen molar-refractivity contribution < 1.29 is 23.1 Å². The lowest BCUT2D eigenvalue weighted by atomic mass is 10.3. The molecule has 0 atom stereocenters. The summed E-state index contributed by atoms with van der Waals surface area (Å²) in [7, 11) is 0. The molecule has 2 aromatic heterocycles. The maximum Gasteiger partial charge on any atom is 0.326 e. The van der Waals surface area contributed by atoms with Crippen molar-refractivity contribution in [1.29, 1.82) is 0 Å². The average molecular weight is 555 g/mol. The monoisotopic (exact) mass is 554 g/mol. The molecule has 204 valence electrons. The van der Waals surface area contributed by atoms with Crippen LogP contribution >= 0.6 is 0 Å². The van der Waals surface area contributed by atoms with Gasteiger partial charge in [0.2, 0.25) is 11.9 Å². The fraction of sp³-hybridized carbons (Fsp3) is 0. The first-order valence-corrected chi connectivity index (χ1v) is 12.2. The van der Waals surface area contributed by atoms with E-state index in [1.807, 2.05) is 0 Å². The van der Waals surface area contributed by atoms with Gasteiger partial charge in [-0.25, -0.2) is 28.3 Å². The molecule has 0 aliphatic carbocycles. The number of carbonyl (C=O) groups is 2. The first-order valence-electron chi connectivity index (χ1n) is 12.2. The largest absolute Gasteiger partial charge is 0.457 e. The van der Waals surface area contributed by atoms with E-state index in [1.54, 1.807) is 48.5 Å². The fourth-order valence-corrected chi connectivity index (χ4v) is 4.02. The number of hydrogen-bond acceptors (Lipinski definition) is 5. The van der Waals surface area contributed by atoms with E-state index in [0.29, 0.717) is 44.9 Å². The van der Waals surface area contributed by atoms with Gasteiger partial charge in [0.05, 0.1) is 22.1 Å². The summed E-state index contributed by atoms with van der Waals surface area (Å²) in [6.07, 6.45) is 0. The van der Waals surface area contributed by atoms with Crippen molar-refractivity contribution >= 4 is 57.4 Å². The van der Waals surface area contributed by atoms with Gasteiger partial charge in [-0.1, -0.05) is 12.1 Å². The van der Waals surface area contributed by atoms with Crippen molar-refractivity contribution in [3.05, 3.63) is 96.6 Å². The first-order chi connectivity index (χ1) is 19.9. The van der Waals surface area contributed by atoms with E-state index < -0.39 is 23.7 Å². The molecule has 6 N–H and O–H groups in total. The molecule has 0 unspecified atom stereocenters. The van der Waals surface area contributed by atoms with Gasteiger partial charge >= 0.3 is 12.1 Å². The Kier molecular flexibility index (Phi) is 6.57. The minimum atomic E-state index is -0.585. The van der Waals surface area contributed by atoms with E-state index >= 15 is 0 Å². The second-order valence-electron chi connectivity index (χ2n) is 8.81. The third kappa shape index (κ3) is 6.04. The molecule has 41 heavy (non-hydrogen) atoms. The molecule has 0 spiro atoms. The van der Waals surface area contributed by atoms with Crippen LogP contribution in [0.5, 0.6) is 11.5 Å². The summed E-state index contributed by atoms with van der Waals surface area (Å²) in [5.41, 5.74) is 3.01. The fourth-order valence-electron chi connectivity index (χ4n) is 4.02. The normalized spacial score (nSPS) is 10.9. The molecule has 0 aliphatic rings. The van der Waals surface area contributed by atoms with Crippen molar-refractivity contribution in [2.75, 3.05) is 21.3 Å². The third-order valence-electron chi connectivity index (χ3n) is 5.77. The highest BCUT2D eigenvalue weighted by Crippen LogP contribution is 2.28. The Bertz CT molecular complexity index is 1780. The van der Waals surface area contributed by atoms with Crippen LogP contribution in [-0.4, -0.2) is 32.0 Å². The number of nitrogens with one attached hydrogen (secondary N) is 6. The molecule has 13 heteroatoms. The molecule has 0 saturated carbocycles. The van der Waals surface area contributed by atoms with Gasteiger partial charge in [-0.15, -0.1) is 0 Å². The average Bonchev–Trinajstić information content (AvgIpc) is 3.50. The second-order valence-corrected chi connectivity index (χ2v) is 8.81. The maximum atomic E-state index is 13.3. The highest BCUT2D eigenvalue weighted by molar-refractivity contribution is 6.00. The lowest BCUT2D eigenvalue weighted by Gasteiger charge is -2.05. The predicted octanol–water partition coefficient (Wildman–Crippen LogP) is 6.80. The van der Waals surface area contributed by atoms with Gasteiger partial charge in [0.15, 0.2) is 0 Å². The molecule has 0 radical (unpaired) electrons. The summed E-state index contributed by atoms with van der Waals surface area (Å²) in [6.45, 7) is 0. The van der Waals surface area contributed by atoms with Crippen molar-refractivity contribution in [3.63, 3.8) is 0 Å². The number of amides is 4. The molecule has 0 bridgehead atoms. The Morgan fingerprint density at radius 3 is 1.51 bits per heavy atom. The Balaban J connectivity index is 1.11. The number of benzene rings is 4. The van der Waals surface area contributed by atoms with Gasteiger partial charge in [-0.2, -0.15) is 0 Å². The molecular formula is C28H20F2N8O3. The number of aromatic nitrogens is 4. The third-order valence-corrected chi connectivity index (χ3v) is 5.77. The van der Waals surface area contributed by atoms with Gasteiger partial charge in [0, 0.05) is 23.5 Å². The summed E-state index contributed by atoms with van der Waals surface area (Å²) in [5.74, 6) is 0.446. The van der Waals surface area contributed by atoms with Crippen molar-refractivity contribution in [1.82, 2.24) is 19.9 Å². The number of aromatic amines is 2. The van der Waals surface area contributed by atoms with Crippen LogP contribution < -0.4 is 26.0 Å². The van der Waals surface area contributed by atoms with Crippen LogP contribution in [0.2, 0.25) is 0 Å². The summed E-state index contributed by atoms with van der Waals surface area (Å²) >= 11 is 0. The van der Waals surface area contributed by atoms with Gasteiger partial charge in [0.25, 0.3) is 0 Å². The van der Waals surface area contributed by atoms with E-state index in [4.69, 9.17) is 4.74 Å². The molecule has 6 aromatic rings. The number of fused-ring (bicyclic) bond motifs is 2. The SMILES string of the molecule is O=C(Nc1cccc(F)c1)Nc1nc2cc(Oc3ccc4[nH]c(NC(=O)Nc5cccc(F)c5)nc4c3)ccc2[nH]1. The highest BCUT2D eigenvalue weighted by atomic mass is 19.1. The predicted molar refractivity (Wildman–Crippen MR) is 150 cm³/mol. The topological polar surface area (TPSA) is 149 Å². The summed E-state index contributed by atoms with van der Waals surface area (Å²) < 4.78 is 32.7. The highest BCUT2D eigenvalue weighted by Gasteiger charge is 2.11. The van der Waals surface area contributed by atoms with Gasteiger partial charge in [-0.05, 0) is 60.7 Å². The van der Waals surface area contributed by atoms with E-state index in [0.717, 1.165) is 0 Å². The van der Waals surface area contributed by atoms with Crippen molar-refractivity contribution in [3.8, 4) is 11.5 Å². The number of carbonyl (C=O) groups excluding carboxylic acids is 2. The molecular weight excluding hydrogens is 534 g/mol. The van der Waals surface area contributed by atoms with Crippen molar-refractivity contribution in [2.45, 2.75) is 0 Å². The first kappa shape index (κ1) is 25.3. The molecule has 0 saturated heterocycles. The van der Waals surface area contributed by atoms with Crippen LogP contribution in [-0.2, 0) is 0 Å². The number of urea groups is 2. The standard InChI is InChI=1S/C28H20F2N8O3/c29-15-3-1-5-17(11-15)31-27(39)37-25-33-21-9-7-19(13-23(21)35-25)41-20-8-10-22-24(14-20)36-26(34-22)38-28(40)32-18-6-2-4-16(30)12-18/h1-14H,(H3,31,33,35,37,39)(H3,32,34,36,38,40). The van der Waals surface area contributed by atoms with Gasteiger partial charge < -0.3 is 25.3 Å².